The van der Waals surface area contributed by atoms with Crippen LogP contribution in [0.1, 0.15) is 21.5 Å². The lowest BCUT2D eigenvalue weighted by Crippen LogP contribution is -2.26. The molecule has 2 N–H and O–H groups in total. The maximum atomic E-state index is 13.2. The number of carbonyl (C=O) groups is 1. The number of rotatable bonds is 5. The Morgan fingerprint density at radius 3 is 2.47 bits per heavy atom. The Bertz CT molecular complexity index is 1280. The average molecular weight is 431 g/mol. The molecule has 0 aliphatic carbocycles. The van der Waals surface area contributed by atoms with Gasteiger partial charge in [0.2, 0.25) is 0 Å². The number of carbonyl (C=O) groups excluding carboxylic acids is 1. The molecule has 1 amide bonds. The number of amides is 1. The second kappa shape index (κ2) is 8.55. The van der Waals surface area contributed by atoms with Crippen LogP contribution >= 0.6 is 0 Å². The van der Waals surface area contributed by atoms with Crippen molar-refractivity contribution in [3.05, 3.63) is 95.4 Å². The van der Waals surface area contributed by atoms with E-state index in [0.29, 0.717) is 11.3 Å². The first-order chi connectivity index (χ1) is 15.3. The van der Waals surface area contributed by atoms with Crippen molar-refractivity contribution >= 4 is 5.91 Å². The standard InChI is InChI=1S/C25H22FN3O3/c1-16-5-3-4-6-21(16)29-22(11-12-27-29)19-13-20(24(31)14-23(19)30)25(32)28(2)15-17-7-9-18(26)10-8-17/h3-14,30-31H,15H2,1-2H3. The Morgan fingerprint density at radius 1 is 1.03 bits per heavy atom. The van der Waals surface area contributed by atoms with E-state index in [-0.39, 0.29) is 29.4 Å². The number of hydrogen-bond acceptors (Lipinski definition) is 4. The van der Waals surface area contributed by atoms with Crippen molar-refractivity contribution in [3.63, 3.8) is 0 Å². The van der Waals surface area contributed by atoms with Gasteiger partial charge in [0.15, 0.2) is 0 Å². The van der Waals surface area contributed by atoms with Gasteiger partial charge in [0.25, 0.3) is 5.91 Å². The van der Waals surface area contributed by atoms with Gasteiger partial charge in [-0.1, -0.05) is 30.3 Å². The minimum Gasteiger partial charge on any atom is -0.507 e. The van der Waals surface area contributed by atoms with Crippen LogP contribution in [0.2, 0.25) is 0 Å². The summed E-state index contributed by atoms with van der Waals surface area (Å²) in [6, 6.07) is 17.9. The summed E-state index contributed by atoms with van der Waals surface area (Å²) in [5.74, 6) is -1.29. The minimum atomic E-state index is -0.435. The van der Waals surface area contributed by atoms with Crippen LogP contribution in [-0.4, -0.2) is 37.8 Å². The van der Waals surface area contributed by atoms with Crippen LogP contribution in [0.15, 0.2) is 72.9 Å². The predicted molar refractivity (Wildman–Crippen MR) is 119 cm³/mol. The Labute approximate surface area is 184 Å². The van der Waals surface area contributed by atoms with Crippen molar-refractivity contribution in [1.82, 2.24) is 14.7 Å². The van der Waals surface area contributed by atoms with Crippen molar-refractivity contribution in [2.24, 2.45) is 0 Å². The molecular weight excluding hydrogens is 409 g/mol. The number of hydrogen-bond donors (Lipinski definition) is 2. The molecule has 0 unspecified atom stereocenters. The molecule has 0 aliphatic heterocycles. The molecular formula is C25H22FN3O3. The summed E-state index contributed by atoms with van der Waals surface area (Å²) in [6.07, 6.45) is 1.61. The molecule has 3 aromatic carbocycles. The number of phenols is 2. The molecule has 1 heterocycles. The fraction of sp³-hybridized carbons (Fsp3) is 0.120. The Morgan fingerprint density at radius 2 is 1.75 bits per heavy atom. The quantitative estimate of drug-likeness (QED) is 0.481. The number of aromatic nitrogens is 2. The molecule has 0 fully saturated rings. The summed E-state index contributed by atoms with van der Waals surface area (Å²) in [4.78, 5) is 14.5. The SMILES string of the molecule is Cc1ccccc1-n1nccc1-c1cc(C(=O)N(C)Cc2ccc(F)cc2)c(O)cc1O. The second-order valence-electron chi connectivity index (χ2n) is 7.59. The molecule has 4 rings (SSSR count). The highest BCUT2D eigenvalue weighted by Crippen LogP contribution is 2.36. The highest BCUT2D eigenvalue weighted by atomic mass is 19.1. The lowest BCUT2D eigenvalue weighted by atomic mass is 10.0. The highest BCUT2D eigenvalue weighted by Gasteiger charge is 2.21. The smallest absolute Gasteiger partial charge is 0.257 e. The molecule has 0 saturated heterocycles. The van der Waals surface area contributed by atoms with Crippen molar-refractivity contribution < 1.29 is 19.4 Å². The number of halogens is 1. The van der Waals surface area contributed by atoms with Gasteiger partial charge in [0.1, 0.15) is 17.3 Å². The first-order valence-corrected chi connectivity index (χ1v) is 10.0. The predicted octanol–water partition coefficient (Wildman–Crippen LogP) is 4.67. The summed E-state index contributed by atoms with van der Waals surface area (Å²) < 4.78 is 14.8. The van der Waals surface area contributed by atoms with Crippen LogP contribution in [0.5, 0.6) is 11.5 Å². The van der Waals surface area contributed by atoms with Crippen LogP contribution in [0.3, 0.4) is 0 Å². The Kier molecular flexibility index (Phi) is 5.64. The van der Waals surface area contributed by atoms with E-state index in [1.54, 1.807) is 36.1 Å². The lowest BCUT2D eigenvalue weighted by molar-refractivity contribution is 0.0782. The third-order valence-electron chi connectivity index (χ3n) is 5.29. The molecule has 4 aromatic rings. The van der Waals surface area contributed by atoms with E-state index in [2.05, 4.69) is 5.10 Å². The Balaban J connectivity index is 1.70. The zero-order valence-electron chi connectivity index (χ0n) is 17.7. The first-order valence-electron chi connectivity index (χ1n) is 10.0. The molecule has 0 spiro atoms. The Hall–Kier alpha value is -4.13. The highest BCUT2D eigenvalue weighted by molar-refractivity contribution is 5.98. The van der Waals surface area contributed by atoms with Crippen molar-refractivity contribution in [1.29, 1.82) is 0 Å². The van der Waals surface area contributed by atoms with E-state index in [0.717, 1.165) is 22.9 Å². The maximum absolute atomic E-state index is 13.2. The molecule has 0 bridgehead atoms. The summed E-state index contributed by atoms with van der Waals surface area (Å²) in [6.45, 7) is 2.19. The van der Waals surface area contributed by atoms with Gasteiger partial charge in [-0.2, -0.15) is 5.10 Å². The fourth-order valence-corrected chi connectivity index (χ4v) is 3.60. The van der Waals surface area contributed by atoms with E-state index < -0.39 is 5.91 Å². The summed E-state index contributed by atoms with van der Waals surface area (Å²) in [5, 5.41) is 25.3. The summed E-state index contributed by atoms with van der Waals surface area (Å²) >= 11 is 0. The van der Waals surface area contributed by atoms with Gasteiger partial charge in [0, 0.05) is 25.2 Å². The van der Waals surface area contributed by atoms with Crippen LogP contribution in [-0.2, 0) is 6.54 Å². The molecule has 1 aromatic heterocycles. The number of aryl methyl sites for hydroxylation is 1. The summed E-state index contributed by atoms with van der Waals surface area (Å²) in [7, 11) is 1.59. The number of benzene rings is 3. The van der Waals surface area contributed by atoms with Crippen molar-refractivity contribution in [2.75, 3.05) is 7.05 Å². The third-order valence-corrected chi connectivity index (χ3v) is 5.29. The van der Waals surface area contributed by atoms with Gasteiger partial charge in [-0.15, -0.1) is 0 Å². The topological polar surface area (TPSA) is 78.6 Å². The van der Waals surface area contributed by atoms with Crippen LogP contribution in [0.25, 0.3) is 16.9 Å². The lowest BCUT2D eigenvalue weighted by Gasteiger charge is -2.19. The van der Waals surface area contributed by atoms with E-state index >= 15 is 0 Å². The van der Waals surface area contributed by atoms with Gasteiger partial charge in [0.05, 0.1) is 23.1 Å². The largest absolute Gasteiger partial charge is 0.507 e. The molecule has 0 atom stereocenters. The molecule has 0 saturated carbocycles. The number of aromatic hydroxyl groups is 2. The van der Waals surface area contributed by atoms with Crippen molar-refractivity contribution in [3.8, 4) is 28.4 Å². The first kappa shape index (κ1) is 21.1. The average Bonchev–Trinajstić information content (AvgIpc) is 3.24. The third kappa shape index (κ3) is 4.05. The van der Waals surface area contributed by atoms with Crippen LogP contribution in [0, 0.1) is 12.7 Å². The zero-order chi connectivity index (χ0) is 22.8. The van der Waals surface area contributed by atoms with Gasteiger partial charge in [-0.3, -0.25) is 4.79 Å². The van der Waals surface area contributed by atoms with E-state index in [1.807, 2.05) is 31.2 Å². The fourth-order valence-electron chi connectivity index (χ4n) is 3.60. The van der Waals surface area contributed by atoms with Gasteiger partial charge >= 0.3 is 0 Å². The molecule has 0 radical (unpaired) electrons. The van der Waals surface area contributed by atoms with E-state index in [4.69, 9.17) is 0 Å². The molecule has 32 heavy (non-hydrogen) atoms. The molecule has 0 aliphatic rings. The monoisotopic (exact) mass is 431 g/mol. The molecule has 7 heteroatoms. The van der Waals surface area contributed by atoms with Gasteiger partial charge in [-0.05, 0) is 48.4 Å². The molecule has 162 valence electrons. The van der Waals surface area contributed by atoms with Crippen molar-refractivity contribution in [2.45, 2.75) is 13.5 Å². The van der Waals surface area contributed by atoms with E-state index in [9.17, 15) is 19.4 Å². The van der Waals surface area contributed by atoms with E-state index in [1.165, 1.54) is 23.1 Å². The minimum absolute atomic E-state index is 0.0416. The number of nitrogens with zero attached hydrogens (tertiary/aromatic N) is 3. The maximum Gasteiger partial charge on any atom is 0.257 e. The number of phenolic OH excluding ortho intramolecular Hbond substituents is 2. The van der Waals surface area contributed by atoms with Gasteiger partial charge < -0.3 is 15.1 Å². The van der Waals surface area contributed by atoms with Gasteiger partial charge in [-0.25, -0.2) is 9.07 Å². The van der Waals surface area contributed by atoms with Crippen LogP contribution < -0.4 is 0 Å². The molecule has 6 nitrogen and oxygen atoms in total. The summed E-state index contributed by atoms with van der Waals surface area (Å²) in [5.41, 5.74) is 3.56. The normalized spacial score (nSPS) is 10.8. The zero-order valence-corrected chi connectivity index (χ0v) is 17.7. The van der Waals surface area contributed by atoms with Crippen LogP contribution in [0.4, 0.5) is 4.39 Å². The second-order valence-corrected chi connectivity index (χ2v) is 7.59. The number of para-hydroxylation sites is 1.